The van der Waals surface area contributed by atoms with E-state index in [4.69, 9.17) is 9.47 Å². The van der Waals surface area contributed by atoms with Crippen molar-refractivity contribution < 1.29 is 14.6 Å². The van der Waals surface area contributed by atoms with Crippen LogP contribution in [0.15, 0.2) is 18.2 Å². The molecule has 0 aliphatic carbocycles. The molecular formula is C15H20O3S2. The lowest BCUT2D eigenvalue weighted by molar-refractivity contribution is 0.173. The molecule has 0 radical (unpaired) electrons. The van der Waals surface area contributed by atoms with Crippen molar-refractivity contribution in [3.8, 4) is 11.5 Å². The highest BCUT2D eigenvalue weighted by atomic mass is 32.2. The van der Waals surface area contributed by atoms with E-state index in [1.807, 2.05) is 41.7 Å². The number of benzene rings is 1. The van der Waals surface area contributed by atoms with Crippen LogP contribution in [0.1, 0.15) is 25.0 Å². The van der Waals surface area contributed by atoms with Crippen molar-refractivity contribution >= 4 is 23.5 Å². The summed E-state index contributed by atoms with van der Waals surface area (Å²) in [6, 6.07) is 5.83. The Morgan fingerprint density at radius 1 is 1.15 bits per heavy atom. The normalized spacial score (nSPS) is 27.7. The maximum Gasteiger partial charge on any atom is 0.161 e. The molecule has 1 fully saturated rings. The van der Waals surface area contributed by atoms with Crippen molar-refractivity contribution in [1.29, 1.82) is 0 Å². The van der Waals surface area contributed by atoms with Crippen molar-refractivity contribution in [2.24, 2.45) is 0 Å². The highest BCUT2D eigenvalue weighted by Gasteiger charge is 2.30. The van der Waals surface area contributed by atoms with Gasteiger partial charge in [-0.1, -0.05) is 13.0 Å². The van der Waals surface area contributed by atoms with Gasteiger partial charge in [-0.25, -0.2) is 0 Å². The van der Waals surface area contributed by atoms with Crippen LogP contribution in [0, 0.1) is 0 Å². The van der Waals surface area contributed by atoms with Gasteiger partial charge >= 0.3 is 0 Å². The van der Waals surface area contributed by atoms with Crippen LogP contribution >= 0.6 is 23.5 Å². The Hall–Kier alpha value is -0.520. The first-order chi connectivity index (χ1) is 9.75. The highest BCUT2D eigenvalue weighted by molar-refractivity contribution is 8.07. The number of thioether (sulfide) groups is 2. The number of fused-ring (bicyclic) bond motifs is 1. The summed E-state index contributed by atoms with van der Waals surface area (Å²) < 4.78 is 11.3. The summed E-state index contributed by atoms with van der Waals surface area (Å²) in [5.41, 5.74) is 0.932. The Morgan fingerprint density at radius 2 is 1.90 bits per heavy atom. The zero-order chi connectivity index (χ0) is 13.9. The van der Waals surface area contributed by atoms with Gasteiger partial charge in [0.1, 0.15) is 0 Å². The predicted octanol–water partition coefficient (Wildman–Crippen LogP) is 3.12. The number of ether oxygens (including phenoxy) is 2. The van der Waals surface area contributed by atoms with Gasteiger partial charge in [0.25, 0.3) is 0 Å². The summed E-state index contributed by atoms with van der Waals surface area (Å²) in [5.74, 6) is 3.84. The maximum absolute atomic E-state index is 10.7. The molecular weight excluding hydrogens is 292 g/mol. The molecule has 0 saturated carbocycles. The second-order valence-corrected chi connectivity index (χ2v) is 7.88. The van der Waals surface area contributed by atoms with Crippen LogP contribution in [0.25, 0.3) is 0 Å². The Balaban J connectivity index is 1.80. The van der Waals surface area contributed by atoms with E-state index in [2.05, 4.69) is 6.92 Å². The second kappa shape index (κ2) is 6.50. The molecule has 2 aliphatic heterocycles. The minimum Gasteiger partial charge on any atom is -0.490 e. The summed E-state index contributed by atoms with van der Waals surface area (Å²) in [6.07, 6.45) is 0.457. The summed E-state index contributed by atoms with van der Waals surface area (Å²) in [5, 5.41) is 11.4. The van der Waals surface area contributed by atoms with Crippen molar-refractivity contribution in [3.05, 3.63) is 23.8 Å². The lowest BCUT2D eigenvalue weighted by Crippen LogP contribution is -2.29. The van der Waals surface area contributed by atoms with E-state index in [0.29, 0.717) is 18.5 Å². The standard InChI is InChI=1S/C15H20O3S2/c1-10-15(20-8-7-19-10)14(16)11-3-4-12-13(9-11)18-6-2-5-17-12/h3-4,9-10,14-16H,2,5-8H2,1H3. The molecule has 3 atom stereocenters. The molecule has 110 valence electrons. The SMILES string of the molecule is CC1SCCSC1C(O)c1ccc2c(c1)OCCCO2. The molecule has 0 amide bonds. The fourth-order valence-corrected chi connectivity index (χ4v) is 5.38. The van der Waals surface area contributed by atoms with Crippen molar-refractivity contribution in [1.82, 2.24) is 0 Å². The van der Waals surface area contributed by atoms with Crippen molar-refractivity contribution in [2.45, 2.75) is 29.9 Å². The quantitative estimate of drug-likeness (QED) is 0.908. The third-order valence-corrected chi connectivity index (χ3v) is 6.84. The van der Waals surface area contributed by atoms with Crippen molar-refractivity contribution in [3.63, 3.8) is 0 Å². The van der Waals surface area contributed by atoms with Crippen LogP contribution in [0.5, 0.6) is 11.5 Å². The van der Waals surface area contributed by atoms with E-state index in [1.165, 1.54) is 5.75 Å². The van der Waals surface area contributed by atoms with Crippen LogP contribution in [0.4, 0.5) is 0 Å². The minimum atomic E-state index is -0.444. The highest BCUT2D eigenvalue weighted by Crippen LogP contribution is 2.40. The molecule has 1 aromatic carbocycles. The molecule has 2 aliphatic rings. The van der Waals surface area contributed by atoms with Gasteiger partial charge in [-0.05, 0) is 17.7 Å². The molecule has 0 aromatic heterocycles. The molecule has 0 bridgehead atoms. The average Bonchev–Trinajstić information content (AvgIpc) is 2.71. The molecule has 3 nitrogen and oxygen atoms in total. The molecule has 1 aromatic rings. The summed E-state index contributed by atoms with van der Waals surface area (Å²) in [7, 11) is 0. The summed E-state index contributed by atoms with van der Waals surface area (Å²) >= 11 is 3.82. The second-order valence-electron chi connectivity index (χ2n) is 5.11. The first-order valence-electron chi connectivity index (χ1n) is 7.06. The first-order valence-corrected chi connectivity index (χ1v) is 9.16. The Bertz CT molecular complexity index is 466. The van der Waals surface area contributed by atoms with Gasteiger partial charge < -0.3 is 14.6 Å². The Kier molecular flexibility index (Phi) is 4.68. The molecule has 3 unspecified atom stereocenters. The Labute approximate surface area is 128 Å². The van der Waals surface area contributed by atoms with Gasteiger partial charge in [-0.2, -0.15) is 23.5 Å². The Morgan fingerprint density at radius 3 is 2.70 bits per heavy atom. The van der Waals surface area contributed by atoms with Gasteiger partial charge in [-0.15, -0.1) is 0 Å². The van der Waals surface area contributed by atoms with E-state index >= 15 is 0 Å². The van der Waals surface area contributed by atoms with Gasteiger partial charge in [0, 0.05) is 28.4 Å². The third kappa shape index (κ3) is 3.05. The number of hydrogen-bond donors (Lipinski definition) is 1. The van der Waals surface area contributed by atoms with Crippen LogP contribution in [-0.4, -0.2) is 40.3 Å². The third-order valence-electron chi connectivity index (χ3n) is 3.66. The fraction of sp³-hybridized carbons (Fsp3) is 0.600. The molecule has 1 saturated heterocycles. The molecule has 5 heteroatoms. The van der Waals surface area contributed by atoms with Crippen LogP contribution in [-0.2, 0) is 0 Å². The van der Waals surface area contributed by atoms with E-state index in [9.17, 15) is 5.11 Å². The monoisotopic (exact) mass is 312 g/mol. The maximum atomic E-state index is 10.7. The van der Waals surface area contributed by atoms with Crippen LogP contribution < -0.4 is 9.47 Å². The number of aliphatic hydroxyl groups excluding tert-OH is 1. The van der Waals surface area contributed by atoms with Crippen LogP contribution in [0.2, 0.25) is 0 Å². The minimum absolute atomic E-state index is 0.249. The predicted molar refractivity (Wildman–Crippen MR) is 85.2 cm³/mol. The molecule has 3 rings (SSSR count). The number of aliphatic hydroxyl groups is 1. The summed E-state index contributed by atoms with van der Waals surface area (Å²) in [4.78, 5) is 0. The van der Waals surface area contributed by atoms with E-state index in [1.54, 1.807) is 0 Å². The van der Waals surface area contributed by atoms with Gasteiger partial charge in [0.05, 0.1) is 19.3 Å². The van der Waals surface area contributed by atoms with E-state index in [0.717, 1.165) is 29.2 Å². The zero-order valence-electron chi connectivity index (χ0n) is 11.6. The summed E-state index contributed by atoms with van der Waals surface area (Å²) in [6.45, 7) is 3.58. The average molecular weight is 312 g/mol. The van der Waals surface area contributed by atoms with Crippen LogP contribution in [0.3, 0.4) is 0 Å². The first kappa shape index (κ1) is 14.4. The van der Waals surface area contributed by atoms with E-state index < -0.39 is 6.10 Å². The topological polar surface area (TPSA) is 38.7 Å². The lowest BCUT2D eigenvalue weighted by Gasteiger charge is -2.32. The largest absolute Gasteiger partial charge is 0.490 e. The molecule has 20 heavy (non-hydrogen) atoms. The zero-order valence-corrected chi connectivity index (χ0v) is 13.2. The number of hydrogen-bond acceptors (Lipinski definition) is 5. The van der Waals surface area contributed by atoms with Crippen molar-refractivity contribution in [2.75, 3.05) is 24.7 Å². The molecule has 2 heterocycles. The van der Waals surface area contributed by atoms with Gasteiger partial charge in [0.15, 0.2) is 11.5 Å². The smallest absolute Gasteiger partial charge is 0.161 e. The molecule has 1 N–H and O–H groups in total. The van der Waals surface area contributed by atoms with Gasteiger partial charge in [-0.3, -0.25) is 0 Å². The van der Waals surface area contributed by atoms with E-state index in [-0.39, 0.29) is 5.25 Å². The molecule has 0 spiro atoms. The number of rotatable bonds is 2. The van der Waals surface area contributed by atoms with Gasteiger partial charge in [0.2, 0.25) is 0 Å². The lowest BCUT2D eigenvalue weighted by atomic mass is 10.0. The fourth-order valence-electron chi connectivity index (χ4n) is 2.55.